The molecule has 28 heavy (non-hydrogen) atoms. The Balaban J connectivity index is 0.000000280. The Kier molecular flexibility index (Phi) is 10.4. The molecular formula is C20H20Cl2F2N4. The fourth-order valence-corrected chi connectivity index (χ4v) is 2.48. The van der Waals surface area contributed by atoms with Crippen LogP contribution in [0.2, 0.25) is 10.0 Å². The van der Waals surface area contributed by atoms with E-state index in [1.54, 1.807) is 62.6 Å². The van der Waals surface area contributed by atoms with Crippen molar-refractivity contribution in [1.82, 2.24) is 10.6 Å². The Hall–Kier alpha value is -2.22. The van der Waals surface area contributed by atoms with Crippen LogP contribution in [0.5, 0.6) is 0 Å². The molecule has 2 N–H and O–H groups in total. The third-order valence-electron chi connectivity index (χ3n) is 3.86. The van der Waals surface area contributed by atoms with E-state index in [0.29, 0.717) is 21.2 Å². The SMILES string of the molecule is CNC(C#N)C(F)c1ccc(Cl)cc1.CNC(C#N)C(F)c1ccc(Cl)cc1. The van der Waals surface area contributed by atoms with E-state index in [1.165, 1.54) is 0 Å². The first kappa shape index (κ1) is 23.8. The van der Waals surface area contributed by atoms with Crippen LogP contribution in [0.3, 0.4) is 0 Å². The lowest BCUT2D eigenvalue weighted by atomic mass is 10.1. The van der Waals surface area contributed by atoms with Gasteiger partial charge in [0.15, 0.2) is 12.3 Å². The molecular weight excluding hydrogens is 405 g/mol. The first-order valence-electron chi connectivity index (χ1n) is 8.30. The van der Waals surface area contributed by atoms with Gasteiger partial charge in [0.2, 0.25) is 0 Å². The molecule has 4 nitrogen and oxygen atoms in total. The molecule has 0 fully saturated rings. The standard InChI is InChI=1S/2C10H10ClFN2/c2*1-14-9(6-13)10(12)7-2-4-8(11)5-3-7/h2*2-5,9-10,14H,1H3. The molecule has 0 aromatic heterocycles. The summed E-state index contributed by atoms with van der Waals surface area (Å²) in [7, 11) is 3.10. The summed E-state index contributed by atoms with van der Waals surface area (Å²) in [4.78, 5) is 0. The van der Waals surface area contributed by atoms with Crippen molar-refractivity contribution >= 4 is 23.2 Å². The second kappa shape index (κ2) is 12.3. The lowest BCUT2D eigenvalue weighted by Gasteiger charge is -2.13. The van der Waals surface area contributed by atoms with Gasteiger partial charge in [0, 0.05) is 10.0 Å². The molecule has 148 valence electrons. The van der Waals surface area contributed by atoms with Gasteiger partial charge in [0.1, 0.15) is 12.1 Å². The van der Waals surface area contributed by atoms with E-state index >= 15 is 0 Å². The predicted octanol–water partition coefficient (Wildman–Crippen LogP) is 4.92. The van der Waals surface area contributed by atoms with Gasteiger partial charge in [0.25, 0.3) is 0 Å². The van der Waals surface area contributed by atoms with Crippen LogP contribution in [0.15, 0.2) is 48.5 Å². The quantitative estimate of drug-likeness (QED) is 0.689. The fraction of sp³-hybridized carbons (Fsp3) is 0.300. The smallest absolute Gasteiger partial charge is 0.154 e. The van der Waals surface area contributed by atoms with Crippen molar-refractivity contribution < 1.29 is 8.78 Å². The minimum absolute atomic E-state index is 0.454. The number of benzene rings is 2. The lowest BCUT2D eigenvalue weighted by Crippen LogP contribution is -2.28. The van der Waals surface area contributed by atoms with Gasteiger partial charge in [-0.05, 0) is 49.5 Å². The summed E-state index contributed by atoms with van der Waals surface area (Å²) >= 11 is 11.3. The first-order valence-corrected chi connectivity index (χ1v) is 9.06. The highest BCUT2D eigenvalue weighted by Gasteiger charge is 2.21. The lowest BCUT2D eigenvalue weighted by molar-refractivity contribution is 0.297. The number of hydrogen-bond donors (Lipinski definition) is 2. The van der Waals surface area contributed by atoms with Gasteiger partial charge < -0.3 is 10.6 Å². The molecule has 0 heterocycles. The van der Waals surface area contributed by atoms with Crippen molar-refractivity contribution in [3.05, 3.63) is 69.7 Å². The molecule has 0 aliphatic heterocycles. The maximum atomic E-state index is 13.6. The van der Waals surface area contributed by atoms with E-state index in [4.69, 9.17) is 33.7 Å². The zero-order valence-corrected chi connectivity index (χ0v) is 16.8. The number of halogens is 4. The largest absolute Gasteiger partial charge is 0.302 e. The molecule has 0 spiro atoms. The summed E-state index contributed by atoms with van der Waals surface area (Å²) < 4.78 is 27.2. The van der Waals surface area contributed by atoms with Gasteiger partial charge in [0.05, 0.1) is 12.1 Å². The van der Waals surface area contributed by atoms with Crippen molar-refractivity contribution in [3.8, 4) is 12.1 Å². The fourth-order valence-electron chi connectivity index (χ4n) is 2.23. The second-order valence-corrected chi connectivity index (χ2v) is 6.57. The normalized spacial score (nSPS) is 14.4. The van der Waals surface area contributed by atoms with Gasteiger partial charge in [-0.15, -0.1) is 0 Å². The monoisotopic (exact) mass is 424 g/mol. The van der Waals surface area contributed by atoms with Crippen LogP contribution in [0.25, 0.3) is 0 Å². The van der Waals surface area contributed by atoms with Crippen molar-refractivity contribution in [2.75, 3.05) is 14.1 Å². The summed E-state index contributed by atoms with van der Waals surface area (Å²) in [5, 5.41) is 23.6. The first-order chi connectivity index (χ1) is 13.4. The van der Waals surface area contributed by atoms with Gasteiger partial charge in [-0.1, -0.05) is 47.5 Å². The summed E-state index contributed by atoms with van der Waals surface area (Å²) in [6.07, 6.45) is -2.66. The molecule has 0 radical (unpaired) electrons. The number of rotatable bonds is 6. The second-order valence-electron chi connectivity index (χ2n) is 5.70. The average molecular weight is 425 g/mol. The number of nitriles is 2. The maximum Gasteiger partial charge on any atom is 0.154 e. The molecule has 2 aromatic rings. The molecule has 2 rings (SSSR count). The molecule has 0 aliphatic rings. The summed E-state index contributed by atoms with van der Waals surface area (Å²) in [6, 6.07) is 14.8. The molecule has 8 heteroatoms. The highest BCUT2D eigenvalue weighted by molar-refractivity contribution is 6.30. The summed E-state index contributed by atoms with van der Waals surface area (Å²) in [5.74, 6) is 0. The average Bonchev–Trinajstić information content (AvgIpc) is 2.71. The molecule has 0 amide bonds. The van der Waals surface area contributed by atoms with Crippen molar-refractivity contribution in [1.29, 1.82) is 10.5 Å². The molecule has 0 bridgehead atoms. The Morgan fingerprint density at radius 1 is 0.714 bits per heavy atom. The van der Waals surface area contributed by atoms with E-state index < -0.39 is 24.4 Å². The van der Waals surface area contributed by atoms with E-state index in [0.717, 1.165) is 0 Å². The van der Waals surface area contributed by atoms with Crippen LogP contribution in [-0.2, 0) is 0 Å². The topological polar surface area (TPSA) is 71.6 Å². The van der Waals surface area contributed by atoms with Gasteiger partial charge in [-0.2, -0.15) is 10.5 Å². The number of likely N-dealkylation sites (N-methyl/N-ethyl adjacent to an activating group) is 2. The van der Waals surface area contributed by atoms with Crippen LogP contribution in [0.4, 0.5) is 8.78 Å². The zero-order chi connectivity index (χ0) is 21.1. The van der Waals surface area contributed by atoms with Crippen molar-refractivity contribution in [2.24, 2.45) is 0 Å². The van der Waals surface area contributed by atoms with E-state index in [1.807, 2.05) is 12.1 Å². The summed E-state index contributed by atoms with van der Waals surface area (Å²) in [5.41, 5.74) is 0.908. The molecule has 4 atom stereocenters. The Labute approximate surface area is 173 Å². The van der Waals surface area contributed by atoms with E-state index in [2.05, 4.69) is 10.6 Å². The van der Waals surface area contributed by atoms with Crippen LogP contribution >= 0.6 is 23.2 Å². The van der Waals surface area contributed by atoms with Crippen LogP contribution in [0, 0.1) is 22.7 Å². The van der Waals surface area contributed by atoms with Gasteiger partial charge in [-0.3, -0.25) is 0 Å². The zero-order valence-electron chi connectivity index (χ0n) is 15.3. The number of hydrogen-bond acceptors (Lipinski definition) is 4. The van der Waals surface area contributed by atoms with Crippen LogP contribution < -0.4 is 10.6 Å². The highest BCUT2D eigenvalue weighted by atomic mass is 35.5. The van der Waals surface area contributed by atoms with Gasteiger partial charge >= 0.3 is 0 Å². The van der Waals surface area contributed by atoms with Crippen molar-refractivity contribution in [2.45, 2.75) is 24.4 Å². The minimum atomic E-state index is -1.33. The Bertz CT molecular complexity index is 731. The van der Waals surface area contributed by atoms with Crippen LogP contribution in [0.1, 0.15) is 23.5 Å². The highest BCUT2D eigenvalue weighted by Crippen LogP contribution is 2.23. The minimum Gasteiger partial charge on any atom is -0.302 e. The molecule has 0 saturated carbocycles. The molecule has 2 aromatic carbocycles. The Morgan fingerprint density at radius 3 is 1.21 bits per heavy atom. The van der Waals surface area contributed by atoms with Gasteiger partial charge in [-0.25, -0.2) is 8.78 Å². The predicted molar refractivity (Wildman–Crippen MR) is 108 cm³/mol. The van der Waals surface area contributed by atoms with E-state index in [-0.39, 0.29) is 0 Å². The molecule has 0 aliphatic carbocycles. The maximum absolute atomic E-state index is 13.6. The number of nitrogens with zero attached hydrogens (tertiary/aromatic N) is 2. The molecule has 0 saturated heterocycles. The number of nitrogens with one attached hydrogen (secondary N) is 2. The number of alkyl halides is 2. The third-order valence-corrected chi connectivity index (χ3v) is 4.37. The van der Waals surface area contributed by atoms with E-state index in [9.17, 15) is 8.78 Å². The van der Waals surface area contributed by atoms with Crippen molar-refractivity contribution in [3.63, 3.8) is 0 Å². The summed E-state index contributed by atoms with van der Waals surface area (Å²) in [6.45, 7) is 0. The Morgan fingerprint density at radius 2 is 1.00 bits per heavy atom. The third kappa shape index (κ3) is 7.07. The van der Waals surface area contributed by atoms with Crippen LogP contribution in [-0.4, -0.2) is 26.2 Å². The molecule has 4 unspecified atom stereocenters.